The molecule has 0 unspecified atom stereocenters. The van der Waals surface area contributed by atoms with E-state index in [2.05, 4.69) is 14.9 Å². The molecule has 6 nitrogen and oxygen atoms in total. The molecule has 0 saturated carbocycles. The van der Waals surface area contributed by atoms with Crippen LogP contribution in [-0.2, 0) is 6.54 Å². The fraction of sp³-hybridized carbons (Fsp3) is 0.524. The van der Waals surface area contributed by atoms with Crippen LogP contribution in [0.4, 0.5) is 4.39 Å². The number of piperidine rings is 1. The molecule has 1 saturated heterocycles. The Labute approximate surface area is 164 Å². The molecule has 2 aliphatic rings. The van der Waals surface area contributed by atoms with Crippen molar-refractivity contribution in [3.05, 3.63) is 41.1 Å². The minimum Gasteiger partial charge on any atom is -0.493 e. The van der Waals surface area contributed by atoms with Gasteiger partial charge in [0.1, 0.15) is 24.8 Å². The number of fused-ring (bicyclic) bond motifs is 1. The molecule has 4 rings (SSSR count). The topological polar surface area (TPSA) is 56.7 Å². The van der Waals surface area contributed by atoms with Gasteiger partial charge in [0.2, 0.25) is 0 Å². The minimum atomic E-state index is -0.342. The van der Waals surface area contributed by atoms with Gasteiger partial charge in [0.25, 0.3) is 5.88 Å². The third-order valence-electron chi connectivity index (χ3n) is 5.08. The molecule has 0 aromatic carbocycles. The molecule has 0 amide bonds. The summed E-state index contributed by atoms with van der Waals surface area (Å²) in [7, 11) is 0. The maximum absolute atomic E-state index is 14.4. The van der Waals surface area contributed by atoms with Crippen molar-refractivity contribution >= 4 is 0 Å². The van der Waals surface area contributed by atoms with Gasteiger partial charge in [-0.2, -0.15) is 0 Å². The molecule has 0 N–H and O–H groups in total. The van der Waals surface area contributed by atoms with Gasteiger partial charge in [0, 0.05) is 48.6 Å². The number of pyridine rings is 2. The van der Waals surface area contributed by atoms with E-state index >= 15 is 0 Å². The zero-order valence-corrected chi connectivity index (χ0v) is 16.4. The fourth-order valence-corrected chi connectivity index (χ4v) is 3.84. The van der Waals surface area contributed by atoms with E-state index < -0.39 is 0 Å². The summed E-state index contributed by atoms with van der Waals surface area (Å²) in [6, 6.07) is 5.31. The molecule has 2 aromatic rings. The van der Waals surface area contributed by atoms with Crippen LogP contribution in [-0.4, -0.2) is 47.8 Å². The Hall–Kier alpha value is -2.41. The van der Waals surface area contributed by atoms with Crippen molar-refractivity contribution in [2.24, 2.45) is 5.92 Å². The lowest BCUT2D eigenvalue weighted by molar-refractivity contribution is 0.121. The second-order valence-corrected chi connectivity index (χ2v) is 7.56. The Bertz CT molecular complexity index is 826. The van der Waals surface area contributed by atoms with E-state index in [0.29, 0.717) is 49.6 Å². The summed E-state index contributed by atoms with van der Waals surface area (Å²) in [6.45, 7) is 7.72. The zero-order valence-electron chi connectivity index (χ0n) is 16.4. The standard InChI is InChI=1S/C21H26FN3O3/c1-14-8-17(9-15(2)23-14)28-13-16-4-3-5-25(11-16)12-19-18(22)10-20-21(24-19)27-7-6-26-20/h8-10,16H,3-7,11-13H2,1-2H3/t16-/m1/s1. The maximum atomic E-state index is 14.4. The highest BCUT2D eigenvalue weighted by atomic mass is 19.1. The highest BCUT2D eigenvalue weighted by Crippen LogP contribution is 2.30. The van der Waals surface area contributed by atoms with Gasteiger partial charge in [-0.25, -0.2) is 9.37 Å². The van der Waals surface area contributed by atoms with Crippen molar-refractivity contribution in [1.82, 2.24) is 14.9 Å². The first kappa shape index (κ1) is 18.9. The van der Waals surface area contributed by atoms with Crippen LogP contribution in [0.3, 0.4) is 0 Å². The Balaban J connectivity index is 1.36. The summed E-state index contributed by atoms with van der Waals surface area (Å²) >= 11 is 0. The van der Waals surface area contributed by atoms with E-state index in [9.17, 15) is 4.39 Å². The number of aromatic nitrogens is 2. The molecule has 28 heavy (non-hydrogen) atoms. The van der Waals surface area contributed by atoms with Crippen molar-refractivity contribution in [1.29, 1.82) is 0 Å². The highest BCUT2D eigenvalue weighted by Gasteiger charge is 2.24. The highest BCUT2D eigenvalue weighted by molar-refractivity contribution is 5.36. The third kappa shape index (κ3) is 4.52. The summed E-state index contributed by atoms with van der Waals surface area (Å²) in [5.41, 5.74) is 2.33. The van der Waals surface area contributed by atoms with E-state index in [4.69, 9.17) is 14.2 Å². The monoisotopic (exact) mass is 387 g/mol. The predicted molar refractivity (Wildman–Crippen MR) is 102 cm³/mol. The van der Waals surface area contributed by atoms with E-state index in [-0.39, 0.29) is 5.82 Å². The summed E-state index contributed by atoms with van der Waals surface area (Å²) in [5, 5.41) is 0. The first-order valence-electron chi connectivity index (χ1n) is 9.82. The number of halogens is 1. The van der Waals surface area contributed by atoms with Gasteiger partial charge in [-0.05, 0) is 33.2 Å². The number of nitrogens with zero attached hydrogens (tertiary/aromatic N) is 3. The number of hydrogen-bond donors (Lipinski definition) is 0. The number of rotatable bonds is 5. The molecule has 7 heteroatoms. The van der Waals surface area contributed by atoms with Crippen LogP contribution in [0.1, 0.15) is 29.9 Å². The number of hydrogen-bond acceptors (Lipinski definition) is 6. The molecule has 1 atom stereocenters. The lowest BCUT2D eigenvalue weighted by atomic mass is 9.99. The normalized spacial score (nSPS) is 19.5. The van der Waals surface area contributed by atoms with Gasteiger partial charge in [-0.1, -0.05) is 0 Å². The number of ether oxygens (including phenoxy) is 3. The first-order valence-corrected chi connectivity index (χ1v) is 9.82. The Morgan fingerprint density at radius 3 is 2.75 bits per heavy atom. The van der Waals surface area contributed by atoms with Crippen LogP contribution in [0.5, 0.6) is 17.4 Å². The molecule has 0 spiro atoms. The summed E-state index contributed by atoms with van der Waals surface area (Å²) in [5.74, 6) is 1.71. The minimum absolute atomic E-state index is 0.342. The Morgan fingerprint density at radius 1 is 1.14 bits per heavy atom. The summed E-state index contributed by atoms with van der Waals surface area (Å²) in [6.07, 6.45) is 2.17. The summed E-state index contributed by atoms with van der Waals surface area (Å²) in [4.78, 5) is 11.0. The molecule has 2 aliphatic heterocycles. The van der Waals surface area contributed by atoms with Gasteiger partial charge in [0.15, 0.2) is 5.75 Å². The van der Waals surface area contributed by atoms with E-state index in [1.165, 1.54) is 6.07 Å². The van der Waals surface area contributed by atoms with Crippen molar-refractivity contribution in [2.75, 3.05) is 32.9 Å². The van der Waals surface area contributed by atoms with Crippen LogP contribution in [0, 0.1) is 25.6 Å². The van der Waals surface area contributed by atoms with E-state index in [1.54, 1.807) is 0 Å². The van der Waals surface area contributed by atoms with Gasteiger partial charge in [0.05, 0.1) is 12.3 Å². The van der Waals surface area contributed by atoms with Crippen LogP contribution < -0.4 is 14.2 Å². The Morgan fingerprint density at radius 2 is 1.93 bits per heavy atom. The lowest BCUT2D eigenvalue weighted by Gasteiger charge is -2.32. The van der Waals surface area contributed by atoms with Crippen molar-refractivity contribution in [2.45, 2.75) is 33.2 Å². The van der Waals surface area contributed by atoms with Gasteiger partial charge in [-0.15, -0.1) is 0 Å². The second-order valence-electron chi connectivity index (χ2n) is 7.56. The SMILES string of the molecule is Cc1cc(OC[C@@H]2CCCN(Cc3nc4c(cc3F)OCCO4)C2)cc(C)n1. The molecule has 150 valence electrons. The van der Waals surface area contributed by atoms with Crippen LogP contribution in [0.2, 0.25) is 0 Å². The second kappa shape index (κ2) is 8.31. The lowest BCUT2D eigenvalue weighted by Crippen LogP contribution is -2.37. The zero-order chi connectivity index (χ0) is 19.5. The largest absolute Gasteiger partial charge is 0.493 e. The van der Waals surface area contributed by atoms with Crippen LogP contribution in [0.15, 0.2) is 18.2 Å². The van der Waals surface area contributed by atoms with Gasteiger partial charge in [-0.3, -0.25) is 9.88 Å². The van der Waals surface area contributed by atoms with Crippen LogP contribution >= 0.6 is 0 Å². The smallest absolute Gasteiger partial charge is 0.257 e. The average molecular weight is 387 g/mol. The Kier molecular flexibility index (Phi) is 5.62. The molecule has 4 heterocycles. The third-order valence-corrected chi connectivity index (χ3v) is 5.08. The maximum Gasteiger partial charge on any atom is 0.257 e. The molecule has 2 aromatic heterocycles. The predicted octanol–water partition coefficient (Wildman–Crippen LogP) is 3.29. The molecule has 0 bridgehead atoms. The van der Waals surface area contributed by atoms with Gasteiger partial charge >= 0.3 is 0 Å². The van der Waals surface area contributed by atoms with Crippen molar-refractivity contribution in [3.8, 4) is 17.4 Å². The molecular formula is C21H26FN3O3. The van der Waals surface area contributed by atoms with E-state index in [0.717, 1.165) is 43.1 Å². The number of likely N-dealkylation sites (tertiary alicyclic amines) is 1. The van der Waals surface area contributed by atoms with E-state index in [1.807, 2.05) is 26.0 Å². The molecule has 0 aliphatic carbocycles. The average Bonchev–Trinajstić information content (AvgIpc) is 2.67. The fourth-order valence-electron chi connectivity index (χ4n) is 3.84. The molecular weight excluding hydrogens is 361 g/mol. The summed E-state index contributed by atoms with van der Waals surface area (Å²) < 4.78 is 31.3. The van der Waals surface area contributed by atoms with Crippen molar-refractivity contribution in [3.63, 3.8) is 0 Å². The van der Waals surface area contributed by atoms with Crippen LogP contribution in [0.25, 0.3) is 0 Å². The van der Waals surface area contributed by atoms with Gasteiger partial charge < -0.3 is 14.2 Å². The molecule has 1 fully saturated rings. The first-order chi connectivity index (χ1) is 13.6. The quantitative estimate of drug-likeness (QED) is 0.785. The van der Waals surface area contributed by atoms with Crippen molar-refractivity contribution < 1.29 is 18.6 Å². The number of aryl methyl sites for hydroxylation is 2. The molecule has 0 radical (unpaired) electrons.